The normalized spacial score (nSPS) is 10.7. The zero-order valence-corrected chi connectivity index (χ0v) is 10.5. The summed E-state index contributed by atoms with van der Waals surface area (Å²) in [5.41, 5.74) is 1.95. The fraction of sp³-hybridized carbons (Fsp3) is 0.125. The summed E-state index contributed by atoms with van der Waals surface area (Å²) in [5, 5.41) is 0.644. The molecule has 3 rings (SSSR count). The summed E-state index contributed by atoms with van der Waals surface area (Å²) in [7, 11) is 0. The molecule has 19 heavy (non-hydrogen) atoms. The minimum atomic E-state index is -0.0614. The van der Waals surface area contributed by atoms with Gasteiger partial charge in [0.1, 0.15) is 5.82 Å². The smallest absolute Gasteiger partial charge is 0.258 e. The van der Waals surface area contributed by atoms with Crippen LogP contribution in [0.15, 0.2) is 59.4 Å². The van der Waals surface area contributed by atoms with E-state index in [0.29, 0.717) is 5.39 Å². The van der Waals surface area contributed by atoms with Crippen molar-refractivity contribution in [3.8, 4) is 0 Å². The van der Waals surface area contributed by atoms with Gasteiger partial charge in [-0.1, -0.05) is 42.5 Å². The van der Waals surface area contributed by atoms with Crippen molar-refractivity contribution in [3.05, 3.63) is 76.3 Å². The van der Waals surface area contributed by atoms with Crippen LogP contribution in [-0.4, -0.2) is 9.97 Å². The number of aromatic amines is 1. The average Bonchev–Trinajstić information content (AvgIpc) is 2.46. The van der Waals surface area contributed by atoms with Gasteiger partial charge >= 0.3 is 0 Å². The van der Waals surface area contributed by atoms with Gasteiger partial charge in [-0.2, -0.15) is 0 Å². The molecule has 0 aliphatic carbocycles. The van der Waals surface area contributed by atoms with Crippen molar-refractivity contribution >= 4 is 10.9 Å². The molecule has 0 spiro atoms. The van der Waals surface area contributed by atoms with Crippen LogP contribution in [0.3, 0.4) is 0 Å². The van der Waals surface area contributed by atoms with E-state index in [4.69, 9.17) is 0 Å². The molecule has 94 valence electrons. The first kappa shape index (κ1) is 11.7. The first-order valence-electron chi connectivity index (χ1n) is 6.35. The minimum absolute atomic E-state index is 0.0614. The molecule has 0 bridgehead atoms. The van der Waals surface area contributed by atoms with E-state index >= 15 is 0 Å². The molecule has 0 saturated heterocycles. The van der Waals surface area contributed by atoms with E-state index in [9.17, 15) is 4.79 Å². The molecule has 0 fully saturated rings. The lowest BCUT2D eigenvalue weighted by Gasteiger charge is -2.03. The van der Waals surface area contributed by atoms with E-state index < -0.39 is 0 Å². The number of nitrogens with zero attached hydrogens (tertiary/aromatic N) is 1. The van der Waals surface area contributed by atoms with Crippen LogP contribution in [0.25, 0.3) is 10.9 Å². The van der Waals surface area contributed by atoms with Gasteiger partial charge < -0.3 is 4.98 Å². The lowest BCUT2D eigenvalue weighted by molar-refractivity contribution is 0.861. The number of H-pyrrole nitrogens is 1. The molecule has 2 aromatic carbocycles. The Balaban J connectivity index is 1.88. The second-order valence-corrected chi connectivity index (χ2v) is 4.52. The number of aryl methyl sites for hydroxylation is 2. The second-order valence-electron chi connectivity index (χ2n) is 4.52. The monoisotopic (exact) mass is 250 g/mol. The van der Waals surface area contributed by atoms with E-state index in [2.05, 4.69) is 22.1 Å². The van der Waals surface area contributed by atoms with E-state index in [-0.39, 0.29) is 5.56 Å². The lowest BCUT2D eigenvalue weighted by Crippen LogP contribution is -2.12. The van der Waals surface area contributed by atoms with Crippen molar-refractivity contribution in [2.45, 2.75) is 12.8 Å². The molecule has 0 aliphatic rings. The molecular weight excluding hydrogens is 236 g/mol. The summed E-state index contributed by atoms with van der Waals surface area (Å²) in [5.74, 6) is 0.743. The third-order valence-corrected chi connectivity index (χ3v) is 3.16. The van der Waals surface area contributed by atoms with Gasteiger partial charge in [0.25, 0.3) is 5.56 Å². The van der Waals surface area contributed by atoms with Crippen molar-refractivity contribution < 1.29 is 0 Å². The summed E-state index contributed by atoms with van der Waals surface area (Å²) in [6.07, 6.45) is 1.62. The number of aromatic nitrogens is 2. The maximum atomic E-state index is 11.9. The average molecular weight is 250 g/mol. The molecule has 0 amide bonds. The van der Waals surface area contributed by atoms with E-state index in [1.807, 2.05) is 36.4 Å². The maximum Gasteiger partial charge on any atom is 0.258 e. The fourth-order valence-corrected chi connectivity index (χ4v) is 2.16. The third kappa shape index (κ3) is 2.55. The third-order valence-electron chi connectivity index (χ3n) is 3.16. The summed E-state index contributed by atoms with van der Waals surface area (Å²) in [6, 6.07) is 17.6. The topological polar surface area (TPSA) is 45.8 Å². The van der Waals surface area contributed by atoms with E-state index in [1.54, 1.807) is 6.07 Å². The Kier molecular flexibility index (Phi) is 3.11. The van der Waals surface area contributed by atoms with Gasteiger partial charge in [0.2, 0.25) is 0 Å². The van der Waals surface area contributed by atoms with Gasteiger partial charge in [-0.3, -0.25) is 4.79 Å². The maximum absolute atomic E-state index is 11.9. The summed E-state index contributed by atoms with van der Waals surface area (Å²) in [6.45, 7) is 0. The number of rotatable bonds is 3. The standard InChI is InChI=1S/C16H14N2O/c19-16-13-8-4-5-9-14(13)17-15(18-16)11-10-12-6-2-1-3-7-12/h1-9H,10-11H2,(H,17,18,19). The molecule has 0 radical (unpaired) electrons. The molecule has 1 N–H and O–H groups in total. The summed E-state index contributed by atoms with van der Waals surface area (Å²) < 4.78 is 0. The number of para-hydroxylation sites is 1. The van der Waals surface area contributed by atoms with Crippen molar-refractivity contribution in [2.75, 3.05) is 0 Å². The predicted molar refractivity (Wildman–Crippen MR) is 76.2 cm³/mol. The lowest BCUT2D eigenvalue weighted by atomic mass is 10.1. The fourth-order valence-electron chi connectivity index (χ4n) is 2.16. The number of benzene rings is 2. The Hall–Kier alpha value is -2.42. The number of hydrogen-bond acceptors (Lipinski definition) is 2. The summed E-state index contributed by atoms with van der Waals surface area (Å²) >= 11 is 0. The molecular formula is C16H14N2O. The van der Waals surface area contributed by atoms with Crippen LogP contribution in [-0.2, 0) is 12.8 Å². The largest absolute Gasteiger partial charge is 0.310 e. The van der Waals surface area contributed by atoms with Gasteiger partial charge in [0.05, 0.1) is 10.9 Å². The Morgan fingerprint density at radius 2 is 1.63 bits per heavy atom. The van der Waals surface area contributed by atoms with Crippen LogP contribution in [0.1, 0.15) is 11.4 Å². The van der Waals surface area contributed by atoms with Crippen LogP contribution in [0.4, 0.5) is 0 Å². The molecule has 1 heterocycles. The molecule has 1 aromatic heterocycles. The van der Waals surface area contributed by atoms with E-state index in [0.717, 1.165) is 24.2 Å². The highest BCUT2D eigenvalue weighted by Crippen LogP contribution is 2.08. The first-order chi connectivity index (χ1) is 9.33. The van der Waals surface area contributed by atoms with Crippen molar-refractivity contribution in [3.63, 3.8) is 0 Å². The van der Waals surface area contributed by atoms with Gasteiger partial charge in [-0.05, 0) is 24.1 Å². The molecule has 0 aliphatic heterocycles. The van der Waals surface area contributed by atoms with Crippen molar-refractivity contribution in [1.82, 2.24) is 9.97 Å². The Bertz CT molecular complexity index is 747. The van der Waals surface area contributed by atoms with Gasteiger partial charge in [0, 0.05) is 6.42 Å². The highest BCUT2D eigenvalue weighted by atomic mass is 16.1. The zero-order chi connectivity index (χ0) is 13.1. The van der Waals surface area contributed by atoms with Crippen molar-refractivity contribution in [1.29, 1.82) is 0 Å². The first-order valence-corrected chi connectivity index (χ1v) is 6.35. The highest BCUT2D eigenvalue weighted by molar-refractivity contribution is 5.77. The van der Waals surface area contributed by atoms with E-state index in [1.165, 1.54) is 5.56 Å². The number of hydrogen-bond donors (Lipinski definition) is 1. The van der Waals surface area contributed by atoms with Crippen LogP contribution in [0, 0.1) is 0 Å². The van der Waals surface area contributed by atoms with Gasteiger partial charge in [0.15, 0.2) is 0 Å². The van der Waals surface area contributed by atoms with Crippen LogP contribution in [0.2, 0.25) is 0 Å². The molecule has 0 saturated carbocycles. The predicted octanol–water partition coefficient (Wildman–Crippen LogP) is 2.71. The zero-order valence-electron chi connectivity index (χ0n) is 10.5. The number of nitrogens with one attached hydrogen (secondary N) is 1. The summed E-state index contributed by atoms with van der Waals surface area (Å²) in [4.78, 5) is 19.3. The Morgan fingerprint density at radius 1 is 0.895 bits per heavy atom. The van der Waals surface area contributed by atoms with Crippen LogP contribution >= 0.6 is 0 Å². The van der Waals surface area contributed by atoms with Gasteiger partial charge in [-0.15, -0.1) is 0 Å². The molecule has 3 aromatic rings. The van der Waals surface area contributed by atoms with Crippen molar-refractivity contribution in [2.24, 2.45) is 0 Å². The second kappa shape index (κ2) is 5.06. The van der Waals surface area contributed by atoms with Crippen LogP contribution < -0.4 is 5.56 Å². The minimum Gasteiger partial charge on any atom is -0.310 e. The van der Waals surface area contributed by atoms with Gasteiger partial charge in [-0.25, -0.2) is 4.98 Å². The Labute approximate surface area is 111 Å². The SMILES string of the molecule is O=c1[nH]c(CCc2ccccc2)nc2ccccc12. The number of fused-ring (bicyclic) bond motifs is 1. The quantitative estimate of drug-likeness (QED) is 0.776. The molecule has 0 atom stereocenters. The van der Waals surface area contributed by atoms with Crippen LogP contribution in [0.5, 0.6) is 0 Å². The molecule has 3 heteroatoms. The highest BCUT2D eigenvalue weighted by Gasteiger charge is 2.03. The Morgan fingerprint density at radius 3 is 2.47 bits per heavy atom. The molecule has 3 nitrogen and oxygen atoms in total. The molecule has 0 unspecified atom stereocenters.